The molecule has 0 aliphatic carbocycles. The molecule has 2 nitrogen and oxygen atoms in total. The van der Waals surface area contributed by atoms with Crippen molar-refractivity contribution >= 4 is 0 Å². The standard InChI is InChI=1S/C14H12O2/c15-13-7-6-11(10-4-2-1-3-5-10)14-12(13)8-9-16-14/h1-7,15H,8-9H2. The molecule has 0 spiro atoms. The van der Waals surface area contributed by atoms with E-state index < -0.39 is 0 Å². The Hall–Kier alpha value is -1.96. The fourth-order valence-electron chi connectivity index (χ4n) is 2.12. The molecular weight excluding hydrogens is 200 g/mol. The van der Waals surface area contributed by atoms with Crippen molar-refractivity contribution in [1.82, 2.24) is 0 Å². The minimum absolute atomic E-state index is 0.340. The number of hydrogen-bond acceptors (Lipinski definition) is 2. The van der Waals surface area contributed by atoms with E-state index in [4.69, 9.17) is 4.74 Å². The van der Waals surface area contributed by atoms with Gasteiger partial charge in [-0.05, 0) is 17.7 Å². The van der Waals surface area contributed by atoms with Gasteiger partial charge >= 0.3 is 0 Å². The highest BCUT2D eigenvalue weighted by atomic mass is 16.5. The lowest BCUT2D eigenvalue weighted by molar-refractivity contribution is 0.358. The van der Waals surface area contributed by atoms with Crippen molar-refractivity contribution in [3.8, 4) is 22.6 Å². The molecule has 0 aromatic heterocycles. The average molecular weight is 212 g/mol. The first-order chi connectivity index (χ1) is 7.86. The summed E-state index contributed by atoms with van der Waals surface area (Å²) in [6.07, 6.45) is 0.793. The second kappa shape index (κ2) is 3.56. The van der Waals surface area contributed by atoms with Crippen LogP contribution < -0.4 is 4.74 Å². The van der Waals surface area contributed by atoms with Crippen LogP contribution in [0.5, 0.6) is 11.5 Å². The van der Waals surface area contributed by atoms with Gasteiger partial charge in [-0.1, -0.05) is 30.3 Å². The van der Waals surface area contributed by atoms with Crippen LogP contribution in [-0.2, 0) is 6.42 Å². The molecule has 1 aliphatic heterocycles. The molecule has 80 valence electrons. The molecule has 2 aromatic carbocycles. The van der Waals surface area contributed by atoms with Gasteiger partial charge in [0.2, 0.25) is 0 Å². The number of ether oxygens (including phenoxy) is 1. The number of benzene rings is 2. The average Bonchev–Trinajstić information content (AvgIpc) is 2.81. The summed E-state index contributed by atoms with van der Waals surface area (Å²) in [4.78, 5) is 0. The van der Waals surface area contributed by atoms with Crippen LogP contribution in [-0.4, -0.2) is 11.7 Å². The SMILES string of the molecule is Oc1ccc(-c2ccccc2)c2c1CCO2. The third-order valence-corrected chi connectivity index (χ3v) is 2.92. The Morgan fingerprint density at radius 2 is 1.81 bits per heavy atom. The summed E-state index contributed by atoms with van der Waals surface area (Å²) in [7, 11) is 0. The van der Waals surface area contributed by atoms with E-state index in [9.17, 15) is 5.11 Å². The highest BCUT2D eigenvalue weighted by Crippen LogP contribution is 2.41. The van der Waals surface area contributed by atoms with Crippen LogP contribution in [0.1, 0.15) is 5.56 Å². The molecule has 1 heterocycles. The second-order valence-corrected chi connectivity index (χ2v) is 3.90. The first-order valence-electron chi connectivity index (χ1n) is 5.39. The van der Waals surface area contributed by atoms with Gasteiger partial charge in [0.1, 0.15) is 11.5 Å². The zero-order valence-electron chi connectivity index (χ0n) is 8.81. The lowest BCUT2D eigenvalue weighted by atomic mass is 10.0. The lowest BCUT2D eigenvalue weighted by Gasteiger charge is -2.09. The summed E-state index contributed by atoms with van der Waals surface area (Å²) in [6, 6.07) is 13.8. The van der Waals surface area contributed by atoms with Gasteiger partial charge in [-0.3, -0.25) is 0 Å². The van der Waals surface area contributed by atoms with Crippen molar-refractivity contribution in [2.45, 2.75) is 6.42 Å². The molecule has 0 bridgehead atoms. The number of phenols is 1. The van der Waals surface area contributed by atoms with Crippen molar-refractivity contribution in [3.63, 3.8) is 0 Å². The monoisotopic (exact) mass is 212 g/mol. The third-order valence-electron chi connectivity index (χ3n) is 2.92. The van der Waals surface area contributed by atoms with Crippen LogP contribution in [0.4, 0.5) is 0 Å². The Kier molecular flexibility index (Phi) is 2.07. The van der Waals surface area contributed by atoms with Crippen LogP contribution in [0, 0.1) is 0 Å². The van der Waals surface area contributed by atoms with Crippen LogP contribution in [0.25, 0.3) is 11.1 Å². The van der Waals surface area contributed by atoms with Crippen molar-refractivity contribution in [2.75, 3.05) is 6.61 Å². The smallest absolute Gasteiger partial charge is 0.134 e. The Balaban J connectivity index is 2.20. The number of aromatic hydroxyl groups is 1. The number of fused-ring (bicyclic) bond motifs is 1. The second-order valence-electron chi connectivity index (χ2n) is 3.90. The summed E-state index contributed by atoms with van der Waals surface area (Å²) < 4.78 is 5.60. The normalized spacial score (nSPS) is 13.2. The summed E-state index contributed by atoms with van der Waals surface area (Å²) in [5, 5.41) is 9.72. The van der Waals surface area contributed by atoms with E-state index in [1.54, 1.807) is 6.07 Å². The number of hydrogen-bond donors (Lipinski definition) is 1. The maximum atomic E-state index is 9.72. The quantitative estimate of drug-likeness (QED) is 0.787. The molecule has 0 saturated heterocycles. The summed E-state index contributed by atoms with van der Waals surface area (Å²) >= 11 is 0. The molecular formula is C14H12O2. The number of rotatable bonds is 1. The lowest BCUT2D eigenvalue weighted by Crippen LogP contribution is -1.88. The Labute approximate surface area is 94.1 Å². The van der Waals surface area contributed by atoms with Crippen LogP contribution in [0.3, 0.4) is 0 Å². The van der Waals surface area contributed by atoms with Gasteiger partial charge in [-0.15, -0.1) is 0 Å². The summed E-state index contributed by atoms with van der Waals surface area (Å²) in [6.45, 7) is 0.659. The maximum Gasteiger partial charge on any atom is 0.134 e. The first-order valence-corrected chi connectivity index (χ1v) is 5.39. The molecule has 3 rings (SSSR count). The molecule has 0 radical (unpaired) electrons. The fourth-order valence-corrected chi connectivity index (χ4v) is 2.12. The zero-order valence-corrected chi connectivity index (χ0v) is 8.81. The molecule has 0 unspecified atom stereocenters. The highest BCUT2D eigenvalue weighted by Gasteiger charge is 2.20. The Bertz CT molecular complexity index is 518. The van der Waals surface area contributed by atoms with E-state index in [0.29, 0.717) is 12.4 Å². The minimum Gasteiger partial charge on any atom is -0.508 e. The van der Waals surface area contributed by atoms with Gasteiger partial charge in [0.15, 0.2) is 0 Å². The third kappa shape index (κ3) is 1.34. The Morgan fingerprint density at radius 3 is 2.62 bits per heavy atom. The van der Waals surface area contributed by atoms with E-state index in [0.717, 1.165) is 28.9 Å². The zero-order chi connectivity index (χ0) is 11.0. The predicted octanol–water partition coefficient (Wildman–Crippen LogP) is 2.99. The van der Waals surface area contributed by atoms with Gasteiger partial charge in [0.05, 0.1) is 6.61 Å². The largest absolute Gasteiger partial charge is 0.508 e. The van der Waals surface area contributed by atoms with Gasteiger partial charge < -0.3 is 9.84 Å². The Morgan fingerprint density at radius 1 is 1.00 bits per heavy atom. The molecule has 2 heteroatoms. The highest BCUT2D eigenvalue weighted by molar-refractivity contribution is 5.74. The molecule has 16 heavy (non-hydrogen) atoms. The molecule has 1 aliphatic rings. The van der Waals surface area contributed by atoms with E-state index in [1.807, 2.05) is 36.4 Å². The minimum atomic E-state index is 0.340. The van der Waals surface area contributed by atoms with Crippen molar-refractivity contribution < 1.29 is 9.84 Å². The maximum absolute atomic E-state index is 9.72. The van der Waals surface area contributed by atoms with Gasteiger partial charge in [0, 0.05) is 17.5 Å². The van der Waals surface area contributed by atoms with Crippen molar-refractivity contribution in [1.29, 1.82) is 0 Å². The summed E-state index contributed by atoms with van der Waals surface area (Å²) in [5.74, 6) is 1.18. The van der Waals surface area contributed by atoms with E-state index in [-0.39, 0.29) is 0 Å². The summed E-state index contributed by atoms with van der Waals surface area (Å²) in [5.41, 5.74) is 3.12. The molecule has 0 fully saturated rings. The first kappa shape index (κ1) is 9.28. The van der Waals surface area contributed by atoms with Gasteiger partial charge in [-0.25, -0.2) is 0 Å². The van der Waals surface area contributed by atoms with E-state index in [2.05, 4.69) is 0 Å². The molecule has 0 atom stereocenters. The molecule has 1 N–H and O–H groups in total. The molecule has 2 aromatic rings. The van der Waals surface area contributed by atoms with E-state index >= 15 is 0 Å². The van der Waals surface area contributed by atoms with Crippen LogP contribution >= 0.6 is 0 Å². The van der Waals surface area contributed by atoms with Crippen molar-refractivity contribution in [3.05, 3.63) is 48.0 Å². The molecule has 0 saturated carbocycles. The number of phenolic OH excluding ortho intramolecular Hbond substituents is 1. The topological polar surface area (TPSA) is 29.5 Å². The fraction of sp³-hybridized carbons (Fsp3) is 0.143. The van der Waals surface area contributed by atoms with E-state index in [1.165, 1.54) is 0 Å². The molecule has 0 amide bonds. The van der Waals surface area contributed by atoms with Gasteiger partial charge in [0.25, 0.3) is 0 Å². The van der Waals surface area contributed by atoms with Crippen LogP contribution in [0.15, 0.2) is 42.5 Å². The predicted molar refractivity (Wildman–Crippen MR) is 62.7 cm³/mol. The van der Waals surface area contributed by atoms with Gasteiger partial charge in [-0.2, -0.15) is 0 Å². The van der Waals surface area contributed by atoms with Crippen LogP contribution in [0.2, 0.25) is 0 Å². The van der Waals surface area contributed by atoms with Crippen molar-refractivity contribution in [2.24, 2.45) is 0 Å².